The van der Waals surface area contributed by atoms with Gasteiger partial charge < -0.3 is 19.3 Å². The molecular weight excluding hydrogens is 332 g/mol. The van der Waals surface area contributed by atoms with Gasteiger partial charge in [0.1, 0.15) is 5.75 Å². The van der Waals surface area contributed by atoms with Gasteiger partial charge in [-0.3, -0.25) is 0 Å². The van der Waals surface area contributed by atoms with Crippen molar-refractivity contribution in [3.05, 3.63) is 29.8 Å². The second-order valence-corrected chi connectivity index (χ2v) is 7.39. The Kier molecular flexibility index (Phi) is 6.92. The van der Waals surface area contributed by atoms with E-state index in [0.717, 1.165) is 44.5 Å². The molecule has 0 amide bonds. The van der Waals surface area contributed by atoms with Crippen LogP contribution >= 0.6 is 0 Å². The number of carbonyl (C=O) groups is 1. The van der Waals surface area contributed by atoms with Crippen LogP contribution in [0.1, 0.15) is 44.6 Å². The van der Waals surface area contributed by atoms with E-state index < -0.39 is 5.97 Å². The molecule has 1 aromatic rings. The molecule has 0 aliphatic carbocycles. The zero-order valence-corrected chi connectivity index (χ0v) is 15.6. The fourth-order valence-electron chi connectivity index (χ4n) is 4.26. The van der Waals surface area contributed by atoms with Crippen LogP contribution in [0.5, 0.6) is 5.75 Å². The van der Waals surface area contributed by atoms with Crippen molar-refractivity contribution in [2.75, 3.05) is 19.8 Å². The first-order chi connectivity index (χ1) is 12.7. The second kappa shape index (κ2) is 9.38. The van der Waals surface area contributed by atoms with Gasteiger partial charge in [-0.2, -0.15) is 0 Å². The van der Waals surface area contributed by atoms with E-state index in [4.69, 9.17) is 19.3 Å². The molecule has 2 saturated heterocycles. The standard InChI is InChI=1S/C21H30O5/c1-2-3-6-11-24-13-17-16(19-9-10-20(17)26-19)12-15-7-4-5-8-18(15)25-14-21(22)23/h4-5,7-8,16-17,19-20H,2-3,6,9-14H2,1H3,(H,22,23)/t16-,17+,19-,20+/m0/s1. The number of hydrogen-bond acceptors (Lipinski definition) is 4. The van der Waals surface area contributed by atoms with Crippen LogP contribution in [0.25, 0.3) is 0 Å². The van der Waals surface area contributed by atoms with Crippen molar-refractivity contribution in [1.82, 2.24) is 0 Å². The molecule has 2 heterocycles. The number of carboxylic acid groups (broad SMARTS) is 1. The minimum Gasteiger partial charge on any atom is -0.482 e. The first-order valence-corrected chi connectivity index (χ1v) is 9.84. The minimum atomic E-state index is -0.957. The van der Waals surface area contributed by atoms with Gasteiger partial charge in [0, 0.05) is 12.5 Å². The molecule has 5 nitrogen and oxygen atoms in total. The summed E-state index contributed by atoms with van der Waals surface area (Å²) in [5, 5.41) is 8.88. The molecule has 4 atom stereocenters. The minimum absolute atomic E-state index is 0.289. The Morgan fingerprint density at radius 2 is 1.96 bits per heavy atom. The number of fused-ring (bicyclic) bond motifs is 2. The number of rotatable bonds is 11. The smallest absolute Gasteiger partial charge is 0.341 e. The molecule has 2 aliphatic rings. The van der Waals surface area contributed by atoms with Crippen LogP contribution in [0.15, 0.2) is 24.3 Å². The third-order valence-electron chi connectivity index (χ3n) is 5.57. The summed E-state index contributed by atoms with van der Waals surface area (Å²) in [4.78, 5) is 10.8. The Bertz CT molecular complexity index is 588. The highest BCUT2D eigenvalue weighted by molar-refractivity contribution is 5.68. The van der Waals surface area contributed by atoms with E-state index in [0.29, 0.717) is 23.7 Å². The third kappa shape index (κ3) is 4.77. The van der Waals surface area contributed by atoms with Crippen LogP contribution in [0.3, 0.4) is 0 Å². The fraction of sp³-hybridized carbons (Fsp3) is 0.667. The lowest BCUT2D eigenvalue weighted by Gasteiger charge is -2.28. The molecule has 0 saturated carbocycles. The quantitative estimate of drug-likeness (QED) is 0.608. The molecule has 0 aromatic heterocycles. The van der Waals surface area contributed by atoms with Gasteiger partial charge in [0.15, 0.2) is 6.61 Å². The largest absolute Gasteiger partial charge is 0.482 e. The number of aliphatic carboxylic acids is 1. The fourth-order valence-corrected chi connectivity index (χ4v) is 4.26. The Morgan fingerprint density at radius 1 is 1.19 bits per heavy atom. The Balaban J connectivity index is 1.61. The molecule has 1 aromatic carbocycles. The highest BCUT2D eigenvalue weighted by atomic mass is 16.5. The topological polar surface area (TPSA) is 65.0 Å². The van der Waals surface area contributed by atoms with E-state index in [-0.39, 0.29) is 12.7 Å². The molecule has 0 spiro atoms. The Hall–Kier alpha value is -1.59. The Morgan fingerprint density at radius 3 is 2.73 bits per heavy atom. The number of para-hydroxylation sites is 1. The predicted molar refractivity (Wildman–Crippen MR) is 98.5 cm³/mol. The molecular formula is C21H30O5. The van der Waals surface area contributed by atoms with Gasteiger partial charge in [0.25, 0.3) is 0 Å². The highest BCUT2D eigenvalue weighted by Gasteiger charge is 2.48. The highest BCUT2D eigenvalue weighted by Crippen LogP contribution is 2.45. The second-order valence-electron chi connectivity index (χ2n) is 7.39. The third-order valence-corrected chi connectivity index (χ3v) is 5.57. The molecule has 2 aliphatic heterocycles. The van der Waals surface area contributed by atoms with Crippen molar-refractivity contribution in [2.45, 2.75) is 57.7 Å². The summed E-state index contributed by atoms with van der Waals surface area (Å²) in [6.45, 7) is 3.47. The van der Waals surface area contributed by atoms with E-state index in [1.54, 1.807) is 0 Å². The number of carboxylic acids is 1. The van der Waals surface area contributed by atoms with Crippen LogP contribution in [0, 0.1) is 11.8 Å². The van der Waals surface area contributed by atoms with E-state index in [2.05, 4.69) is 6.92 Å². The summed E-state index contributed by atoms with van der Waals surface area (Å²) in [5.41, 5.74) is 1.06. The van der Waals surface area contributed by atoms with Gasteiger partial charge in [-0.25, -0.2) is 4.79 Å². The SMILES string of the molecule is CCCCCOC[C@@H]1[C@H](Cc2ccccc2OCC(=O)O)[C@@H]2CC[C@H]1O2. The van der Waals surface area contributed by atoms with Gasteiger partial charge in [-0.1, -0.05) is 38.0 Å². The number of benzene rings is 1. The molecule has 5 heteroatoms. The molecule has 3 rings (SSSR count). The zero-order chi connectivity index (χ0) is 18.4. The zero-order valence-electron chi connectivity index (χ0n) is 15.6. The normalized spacial score (nSPS) is 27.0. The van der Waals surface area contributed by atoms with Crippen LogP contribution in [-0.4, -0.2) is 43.1 Å². The van der Waals surface area contributed by atoms with Crippen molar-refractivity contribution >= 4 is 5.97 Å². The van der Waals surface area contributed by atoms with E-state index in [1.807, 2.05) is 24.3 Å². The summed E-state index contributed by atoms with van der Waals surface area (Å²) in [7, 11) is 0. The van der Waals surface area contributed by atoms with Crippen LogP contribution in [0.4, 0.5) is 0 Å². The van der Waals surface area contributed by atoms with Gasteiger partial charge in [-0.15, -0.1) is 0 Å². The average molecular weight is 362 g/mol. The summed E-state index contributed by atoms with van der Waals surface area (Å²) in [6, 6.07) is 7.74. The number of unbranched alkanes of at least 4 members (excludes halogenated alkanes) is 2. The maximum absolute atomic E-state index is 10.8. The van der Waals surface area contributed by atoms with E-state index in [9.17, 15) is 4.79 Å². The van der Waals surface area contributed by atoms with Crippen molar-refractivity contribution in [3.8, 4) is 5.75 Å². The van der Waals surface area contributed by atoms with Crippen molar-refractivity contribution in [1.29, 1.82) is 0 Å². The van der Waals surface area contributed by atoms with Crippen LogP contribution < -0.4 is 4.74 Å². The van der Waals surface area contributed by atoms with Gasteiger partial charge in [0.05, 0.1) is 18.8 Å². The maximum Gasteiger partial charge on any atom is 0.341 e. The molecule has 2 bridgehead atoms. The lowest BCUT2D eigenvalue weighted by atomic mass is 9.76. The Labute approximate surface area is 155 Å². The monoisotopic (exact) mass is 362 g/mol. The van der Waals surface area contributed by atoms with E-state index in [1.165, 1.54) is 12.8 Å². The number of ether oxygens (including phenoxy) is 3. The molecule has 0 radical (unpaired) electrons. The summed E-state index contributed by atoms with van der Waals surface area (Å²) < 4.78 is 17.6. The molecule has 0 unspecified atom stereocenters. The molecule has 26 heavy (non-hydrogen) atoms. The summed E-state index contributed by atoms with van der Waals surface area (Å²) >= 11 is 0. The number of hydrogen-bond donors (Lipinski definition) is 1. The van der Waals surface area contributed by atoms with Gasteiger partial charge in [0.2, 0.25) is 0 Å². The summed E-state index contributed by atoms with van der Waals surface area (Å²) in [5.74, 6) is 0.541. The van der Waals surface area contributed by atoms with Crippen LogP contribution in [0.2, 0.25) is 0 Å². The van der Waals surface area contributed by atoms with Crippen molar-refractivity contribution in [2.24, 2.45) is 11.8 Å². The first kappa shape index (κ1) is 19.2. The predicted octanol–water partition coefficient (Wildman–Crippen LogP) is 3.69. The lowest BCUT2D eigenvalue weighted by Crippen LogP contribution is -2.32. The first-order valence-electron chi connectivity index (χ1n) is 9.84. The van der Waals surface area contributed by atoms with Crippen molar-refractivity contribution in [3.63, 3.8) is 0 Å². The maximum atomic E-state index is 10.8. The molecule has 144 valence electrons. The van der Waals surface area contributed by atoms with Crippen molar-refractivity contribution < 1.29 is 24.1 Å². The van der Waals surface area contributed by atoms with Gasteiger partial charge >= 0.3 is 5.97 Å². The van der Waals surface area contributed by atoms with Crippen LogP contribution in [-0.2, 0) is 20.7 Å². The average Bonchev–Trinajstić information content (AvgIpc) is 3.23. The van der Waals surface area contributed by atoms with E-state index >= 15 is 0 Å². The summed E-state index contributed by atoms with van der Waals surface area (Å²) in [6.07, 6.45) is 7.22. The lowest BCUT2D eigenvalue weighted by molar-refractivity contribution is -0.139. The molecule has 1 N–H and O–H groups in total. The molecule has 2 fully saturated rings. The van der Waals surface area contributed by atoms with Gasteiger partial charge in [-0.05, 0) is 43.2 Å².